The molecule has 1 saturated heterocycles. The molecule has 0 saturated carbocycles. The minimum absolute atomic E-state index is 0.417. The molecular formula is C15H25N3O. The van der Waals surface area contributed by atoms with Crippen LogP contribution in [0, 0.1) is 0 Å². The van der Waals surface area contributed by atoms with Crippen LogP contribution in [-0.2, 0) is 4.74 Å². The molecule has 2 unspecified atom stereocenters. The van der Waals surface area contributed by atoms with Crippen LogP contribution < -0.4 is 15.5 Å². The maximum atomic E-state index is 5.50. The number of hydrogen-bond acceptors (Lipinski definition) is 4. The van der Waals surface area contributed by atoms with E-state index < -0.39 is 0 Å². The molecule has 1 aromatic carbocycles. The van der Waals surface area contributed by atoms with Crippen LogP contribution in [0.3, 0.4) is 0 Å². The molecule has 0 bridgehead atoms. The van der Waals surface area contributed by atoms with Crippen LogP contribution in [-0.4, -0.2) is 45.9 Å². The van der Waals surface area contributed by atoms with E-state index in [-0.39, 0.29) is 0 Å². The van der Waals surface area contributed by atoms with Gasteiger partial charge in [0.2, 0.25) is 0 Å². The van der Waals surface area contributed by atoms with Crippen LogP contribution in [0.1, 0.15) is 13.3 Å². The van der Waals surface area contributed by atoms with Gasteiger partial charge in [0.25, 0.3) is 0 Å². The molecule has 4 heteroatoms. The molecule has 0 aromatic heterocycles. The van der Waals surface area contributed by atoms with Gasteiger partial charge in [-0.1, -0.05) is 12.1 Å². The second kappa shape index (κ2) is 6.78. The molecule has 2 N–H and O–H groups in total. The fourth-order valence-corrected chi connectivity index (χ4v) is 2.51. The second-order valence-electron chi connectivity index (χ2n) is 5.42. The van der Waals surface area contributed by atoms with Crippen LogP contribution in [0.5, 0.6) is 0 Å². The molecule has 0 spiro atoms. The Morgan fingerprint density at radius 3 is 2.89 bits per heavy atom. The summed E-state index contributed by atoms with van der Waals surface area (Å²) in [5, 5.41) is 7.10. The molecular weight excluding hydrogens is 238 g/mol. The fourth-order valence-electron chi connectivity index (χ4n) is 2.51. The number of hydrogen-bond donors (Lipinski definition) is 2. The first-order valence-electron chi connectivity index (χ1n) is 7.01. The van der Waals surface area contributed by atoms with Crippen molar-refractivity contribution in [3.8, 4) is 0 Å². The molecule has 0 aliphatic carbocycles. The maximum Gasteiger partial charge on any atom is 0.0621 e. The van der Waals surface area contributed by atoms with Crippen molar-refractivity contribution in [3.63, 3.8) is 0 Å². The predicted octanol–water partition coefficient (Wildman–Crippen LogP) is 1.93. The Morgan fingerprint density at radius 2 is 2.21 bits per heavy atom. The lowest BCUT2D eigenvalue weighted by molar-refractivity contribution is 0.0731. The van der Waals surface area contributed by atoms with Crippen molar-refractivity contribution >= 4 is 11.4 Å². The summed E-state index contributed by atoms with van der Waals surface area (Å²) in [5.74, 6) is 0. The van der Waals surface area contributed by atoms with Crippen LogP contribution in [0.25, 0.3) is 0 Å². The van der Waals surface area contributed by atoms with E-state index in [9.17, 15) is 0 Å². The number of benzene rings is 1. The van der Waals surface area contributed by atoms with Crippen LogP contribution in [0.4, 0.5) is 11.4 Å². The lowest BCUT2D eigenvalue weighted by atomic mass is 10.1. The number of morpholine rings is 1. The minimum Gasteiger partial charge on any atom is -0.381 e. The molecule has 2 atom stereocenters. The largest absolute Gasteiger partial charge is 0.381 e. The Labute approximate surface area is 116 Å². The van der Waals surface area contributed by atoms with Crippen molar-refractivity contribution in [2.75, 3.05) is 44.1 Å². The van der Waals surface area contributed by atoms with E-state index in [0.29, 0.717) is 12.1 Å². The molecule has 4 nitrogen and oxygen atoms in total. The summed E-state index contributed by atoms with van der Waals surface area (Å²) in [5.41, 5.74) is 2.42. The van der Waals surface area contributed by atoms with Crippen LogP contribution in [0.2, 0.25) is 0 Å². The third kappa shape index (κ3) is 4.11. The molecule has 106 valence electrons. The first-order valence-corrected chi connectivity index (χ1v) is 7.01. The smallest absolute Gasteiger partial charge is 0.0621 e. The fraction of sp³-hybridized carbons (Fsp3) is 0.600. The van der Waals surface area contributed by atoms with Gasteiger partial charge in [0.15, 0.2) is 0 Å². The predicted molar refractivity (Wildman–Crippen MR) is 81.1 cm³/mol. The van der Waals surface area contributed by atoms with E-state index in [4.69, 9.17) is 4.74 Å². The summed E-state index contributed by atoms with van der Waals surface area (Å²) in [7, 11) is 4.14. The minimum atomic E-state index is 0.417. The summed E-state index contributed by atoms with van der Waals surface area (Å²) in [6.45, 7) is 4.84. The Balaban J connectivity index is 1.92. The average Bonchev–Trinajstić information content (AvgIpc) is 2.40. The van der Waals surface area contributed by atoms with Crippen molar-refractivity contribution in [1.29, 1.82) is 0 Å². The van der Waals surface area contributed by atoms with E-state index in [0.717, 1.165) is 26.2 Å². The molecule has 1 aliphatic heterocycles. The number of anilines is 2. The lowest BCUT2D eigenvalue weighted by Gasteiger charge is -2.28. The number of para-hydroxylation sites is 2. The van der Waals surface area contributed by atoms with E-state index in [2.05, 4.69) is 60.8 Å². The van der Waals surface area contributed by atoms with Crippen molar-refractivity contribution in [1.82, 2.24) is 5.32 Å². The van der Waals surface area contributed by atoms with Gasteiger partial charge in [-0.3, -0.25) is 0 Å². The molecule has 1 heterocycles. The maximum absolute atomic E-state index is 5.50. The Morgan fingerprint density at radius 1 is 1.42 bits per heavy atom. The number of rotatable bonds is 5. The van der Waals surface area contributed by atoms with Gasteiger partial charge in [0, 0.05) is 32.7 Å². The first kappa shape index (κ1) is 14.2. The van der Waals surface area contributed by atoms with Gasteiger partial charge < -0.3 is 20.3 Å². The van der Waals surface area contributed by atoms with E-state index >= 15 is 0 Å². The molecule has 1 fully saturated rings. The van der Waals surface area contributed by atoms with Gasteiger partial charge in [-0.15, -0.1) is 0 Å². The standard InChI is InChI=1S/C15H25N3O/c1-12(10-13-11-19-9-8-16-13)17-14-6-4-5-7-15(14)18(2)3/h4-7,12-13,16-17H,8-11H2,1-3H3. The van der Waals surface area contributed by atoms with Crippen LogP contribution in [0.15, 0.2) is 24.3 Å². The van der Waals surface area contributed by atoms with Crippen molar-refractivity contribution in [2.24, 2.45) is 0 Å². The highest BCUT2D eigenvalue weighted by atomic mass is 16.5. The first-order chi connectivity index (χ1) is 9.16. The summed E-state index contributed by atoms with van der Waals surface area (Å²) < 4.78 is 5.50. The Hall–Kier alpha value is -1.26. The lowest BCUT2D eigenvalue weighted by Crippen LogP contribution is -2.43. The van der Waals surface area contributed by atoms with Crippen LogP contribution >= 0.6 is 0 Å². The highest BCUT2D eigenvalue weighted by Crippen LogP contribution is 2.24. The van der Waals surface area contributed by atoms with E-state index in [1.165, 1.54) is 11.4 Å². The third-order valence-electron chi connectivity index (χ3n) is 3.42. The summed E-state index contributed by atoms with van der Waals surface area (Å²) in [6.07, 6.45) is 1.07. The van der Waals surface area contributed by atoms with E-state index in [1.807, 2.05) is 0 Å². The van der Waals surface area contributed by atoms with Crippen molar-refractivity contribution < 1.29 is 4.74 Å². The van der Waals surface area contributed by atoms with Crippen molar-refractivity contribution in [2.45, 2.75) is 25.4 Å². The quantitative estimate of drug-likeness (QED) is 0.851. The number of ether oxygens (including phenoxy) is 1. The van der Waals surface area contributed by atoms with Gasteiger partial charge >= 0.3 is 0 Å². The zero-order valence-corrected chi connectivity index (χ0v) is 12.1. The molecule has 1 aromatic rings. The number of nitrogens with zero attached hydrogens (tertiary/aromatic N) is 1. The van der Waals surface area contributed by atoms with Gasteiger partial charge in [0.05, 0.1) is 24.6 Å². The van der Waals surface area contributed by atoms with E-state index in [1.54, 1.807) is 0 Å². The van der Waals surface area contributed by atoms with Gasteiger partial charge in [-0.2, -0.15) is 0 Å². The highest BCUT2D eigenvalue weighted by molar-refractivity contribution is 5.69. The number of nitrogens with one attached hydrogen (secondary N) is 2. The zero-order chi connectivity index (χ0) is 13.7. The molecule has 0 radical (unpaired) electrons. The molecule has 2 rings (SSSR count). The average molecular weight is 263 g/mol. The summed E-state index contributed by atoms with van der Waals surface area (Å²) >= 11 is 0. The molecule has 0 amide bonds. The normalized spacial score (nSPS) is 20.9. The monoisotopic (exact) mass is 263 g/mol. The highest BCUT2D eigenvalue weighted by Gasteiger charge is 2.16. The Bertz CT molecular complexity index is 389. The SMILES string of the molecule is CC(CC1COCCN1)Nc1ccccc1N(C)C. The second-order valence-corrected chi connectivity index (χ2v) is 5.42. The summed E-state index contributed by atoms with van der Waals surface area (Å²) in [4.78, 5) is 2.14. The molecule has 19 heavy (non-hydrogen) atoms. The third-order valence-corrected chi connectivity index (χ3v) is 3.42. The van der Waals surface area contributed by atoms with Gasteiger partial charge in [-0.05, 0) is 25.5 Å². The van der Waals surface area contributed by atoms with Gasteiger partial charge in [-0.25, -0.2) is 0 Å². The zero-order valence-electron chi connectivity index (χ0n) is 12.1. The molecule has 1 aliphatic rings. The Kier molecular flexibility index (Phi) is 5.05. The summed E-state index contributed by atoms with van der Waals surface area (Å²) in [6, 6.07) is 9.29. The topological polar surface area (TPSA) is 36.5 Å². The van der Waals surface area contributed by atoms with Gasteiger partial charge in [0.1, 0.15) is 0 Å². The van der Waals surface area contributed by atoms with Crippen molar-refractivity contribution in [3.05, 3.63) is 24.3 Å².